The zero-order valence-corrected chi connectivity index (χ0v) is 20.1. The van der Waals surface area contributed by atoms with E-state index in [0.717, 1.165) is 56.5 Å². The van der Waals surface area contributed by atoms with Crippen LogP contribution in [0.15, 0.2) is 29.4 Å². The first-order valence-electron chi connectivity index (χ1n) is 11.6. The number of piperidine rings is 1. The molecule has 2 saturated heterocycles. The second-order valence-electron chi connectivity index (χ2n) is 8.69. The van der Waals surface area contributed by atoms with Crippen molar-refractivity contribution in [1.82, 2.24) is 19.7 Å². The lowest BCUT2D eigenvalue weighted by atomic mass is 10.1. The first kappa shape index (κ1) is 23.6. The van der Waals surface area contributed by atoms with Crippen molar-refractivity contribution in [3.63, 3.8) is 0 Å². The van der Waals surface area contributed by atoms with Crippen LogP contribution in [0.25, 0.3) is 0 Å². The highest BCUT2D eigenvalue weighted by Crippen LogP contribution is 2.27. The van der Waals surface area contributed by atoms with Gasteiger partial charge in [0.2, 0.25) is 11.9 Å². The number of benzene rings is 1. The normalized spacial score (nSPS) is 18.4. The number of nitrogens with zero attached hydrogens (tertiary/aromatic N) is 5. The molecule has 2 aliphatic heterocycles. The number of hydrogen-bond donors (Lipinski definition) is 1. The van der Waals surface area contributed by atoms with Crippen LogP contribution < -0.4 is 10.2 Å². The molecule has 1 aromatic heterocycles. The summed E-state index contributed by atoms with van der Waals surface area (Å²) < 4.78 is 7.98. The average Bonchev–Trinajstić information content (AvgIpc) is 3.49. The zero-order valence-electron chi connectivity index (χ0n) is 19.3. The second-order valence-corrected chi connectivity index (χ2v) is 9.63. The molecule has 1 unspecified atom stereocenters. The lowest BCUT2D eigenvalue weighted by Gasteiger charge is -2.28. The van der Waals surface area contributed by atoms with Gasteiger partial charge in [0.15, 0.2) is 5.16 Å². The molecule has 10 heteroatoms. The average molecular weight is 473 g/mol. The topological polar surface area (TPSA) is 92.6 Å². The van der Waals surface area contributed by atoms with E-state index in [1.807, 2.05) is 0 Å². The van der Waals surface area contributed by atoms with Gasteiger partial charge in [-0.05, 0) is 56.4 Å². The molecule has 1 aromatic carbocycles. The summed E-state index contributed by atoms with van der Waals surface area (Å²) in [6, 6.07) is 6.92. The molecule has 0 saturated carbocycles. The Morgan fingerprint density at radius 3 is 2.55 bits per heavy atom. The summed E-state index contributed by atoms with van der Waals surface area (Å²) in [5.74, 6) is 0.910. The number of amides is 2. The van der Waals surface area contributed by atoms with E-state index in [1.54, 1.807) is 38.4 Å². The van der Waals surface area contributed by atoms with Gasteiger partial charge in [-0.25, -0.2) is 0 Å². The minimum absolute atomic E-state index is 0.0708. The van der Waals surface area contributed by atoms with Crippen molar-refractivity contribution in [2.24, 2.45) is 0 Å². The maximum absolute atomic E-state index is 12.6. The Bertz CT molecular complexity index is 950. The third-order valence-corrected chi connectivity index (χ3v) is 6.87. The molecule has 3 heterocycles. The van der Waals surface area contributed by atoms with Crippen LogP contribution in [0.4, 0.5) is 11.6 Å². The monoisotopic (exact) mass is 472 g/mol. The molecule has 1 atom stereocenters. The van der Waals surface area contributed by atoms with E-state index in [2.05, 4.69) is 25.0 Å². The molecule has 0 bridgehead atoms. The van der Waals surface area contributed by atoms with Crippen LogP contribution in [-0.2, 0) is 16.1 Å². The van der Waals surface area contributed by atoms with Gasteiger partial charge in [0.1, 0.15) is 0 Å². The predicted octanol–water partition coefficient (Wildman–Crippen LogP) is 2.88. The van der Waals surface area contributed by atoms with E-state index in [1.165, 1.54) is 23.1 Å². The zero-order chi connectivity index (χ0) is 23.2. The lowest BCUT2D eigenvalue weighted by molar-refractivity contribution is -0.113. The van der Waals surface area contributed by atoms with Gasteiger partial charge in [-0.3, -0.25) is 14.2 Å². The molecule has 1 N–H and O–H groups in total. The van der Waals surface area contributed by atoms with Gasteiger partial charge in [-0.15, -0.1) is 10.2 Å². The summed E-state index contributed by atoms with van der Waals surface area (Å²) >= 11 is 1.39. The summed E-state index contributed by atoms with van der Waals surface area (Å²) in [6.45, 7) is 3.49. The van der Waals surface area contributed by atoms with Gasteiger partial charge >= 0.3 is 0 Å². The SMILES string of the molecule is CN(C)C(=O)c1ccc(NC(=O)CSc2nnc(N3CCCCC3)n2CC2CCCO2)cc1. The molecule has 33 heavy (non-hydrogen) atoms. The largest absolute Gasteiger partial charge is 0.376 e. The molecule has 2 aliphatic rings. The highest BCUT2D eigenvalue weighted by Gasteiger charge is 2.25. The van der Waals surface area contributed by atoms with Crippen molar-refractivity contribution in [2.45, 2.75) is 49.9 Å². The van der Waals surface area contributed by atoms with E-state index >= 15 is 0 Å². The van der Waals surface area contributed by atoms with Crippen LogP contribution in [0.5, 0.6) is 0 Å². The second kappa shape index (κ2) is 11.0. The van der Waals surface area contributed by atoms with E-state index in [-0.39, 0.29) is 23.7 Å². The molecule has 0 aliphatic carbocycles. The van der Waals surface area contributed by atoms with Gasteiger partial charge in [-0.2, -0.15) is 0 Å². The first-order valence-corrected chi connectivity index (χ1v) is 12.5. The number of thioether (sulfide) groups is 1. The maximum Gasteiger partial charge on any atom is 0.253 e. The highest BCUT2D eigenvalue weighted by atomic mass is 32.2. The number of aromatic nitrogens is 3. The Hall–Kier alpha value is -2.59. The number of anilines is 2. The van der Waals surface area contributed by atoms with Crippen molar-refractivity contribution < 1.29 is 14.3 Å². The van der Waals surface area contributed by atoms with Crippen LogP contribution in [-0.4, -0.2) is 77.1 Å². The summed E-state index contributed by atoms with van der Waals surface area (Å²) in [5, 5.41) is 12.5. The third-order valence-electron chi connectivity index (χ3n) is 5.90. The molecule has 0 spiro atoms. The van der Waals surface area contributed by atoms with Crippen LogP contribution >= 0.6 is 11.8 Å². The van der Waals surface area contributed by atoms with Crippen molar-refractivity contribution in [2.75, 3.05) is 49.8 Å². The molecule has 2 amide bonds. The smallest absolute Gasteiger partial charge is 0.253 e. The first-order chi connectivity index (χ1) is 16.0. The number of hydrogen-bond acceptors (Lipinski definition) is 7. The highest BCUT2D eigenvalue weighted by molar-refractivity contribution is 7.99. The van der Waals surface area contributed by atoms with Gasteiger partial charge in [-0.1, -0.05) is 11.8 Å². The van der Waals surface area contributed by atoms with Crippen molar-refractivity contribution in [3.05, 3.63) is 29.8 Å². The minimum atomic E-state index is -0.127. The van der Waals surface area contributed by atoms with Gasteiger partial charge in [0.25, 0.3) is 5.91 Å². The van der Waals surface area contributed by atoms with Crippen LogP contribution in [0.2, 0.25) is 0 Å². The van der Waals surface area contributed by atoms with E-state index in [4.69, 9.17) is 4.74 Å². The van der Waals surface area contributed by atoms with E-state index in [9.17, 15) is 9.59 Å². The van der Waals surface area contributed by atoms with Crippen molar-refractivity contribution in [3.8, 4) is 0 Å². The summed E-state index contributed by atoms with van der Waals surface area (Å²) in [7, 11) is 3.42. The van der Waals surface area contributed by atoms with Crippen LogP contribution in [0, 0.1) is 0 Å². The van der Waals surface area contributed by atoms with E-state index < -0.39 is 0 Å². The fraction of sp³-hybridized carbons (Fsp3) is 0.565. The Labute approximate surface area is 198 Å². The fourth-order valence-corrected chi connectivity index (χ4v) is 4.89. The lowest BCUT2D eigenvalue weighted by Crippen LogP contribution is -2.33. The van der Waals surface area contributed by atoms with Crippen LogP contribution in [0.1, 0.15) is 42.5 Å². The Morgan fingerprint density at radius 2 is 1.88 bits per heavy atom. The molecule has 9 nitrogen and oxygen atoms in total. The Kier molecular flexibility index (Phi) is 7.87. The number of carbonyl (C=O) groups excluding carboxylic acids is 2. The molecule has 178 valence electrons. The predicted molar refractivity (Wildman–Crippen MR) is 129 cm³/mol. The minimum Gasteiger partial charge on any atom is -0.376 e. The van der Waals surface area contributed by atoms with E-state index in [0.29, 0.717) is 17.8 Å². The van der Waals surface area contributed by atoms with Crippen molar-refractivity contribution in [1.29, 1.82) is 0 Å². The van der Waals surface area contributed by atoms with Crippen LogP contribution in [0.3, 0.4) is 0 Å². The van der Waals surface area contributed by atoms with Gasteiger partial charge < -0.3 is 19.9 Å². The van der Waals surface area contributed by atoms with Crippen molar-refractivity contribution >= 4 is 35.2 Å². The number of ether oxygens (including phenoxy) is 1. The van der Waals surface area contributed by atoms with Gasteiger partial charge in [0.05, 0.1) is 18.4 Å². The Morgan fingerprint density at radius 1 is 1.12 bits per heavy atom. The fourth-order valence-electron chi connectivity index (χ4n) is 4.15. The Balaban J connectivity index is 1.39. The quantitative estimate of drug-likeness (QED) is 0.591. The number of carbonyl (C=O) groups is 2. The molecule has 2 aromatic rings. The molecular formula is C23H32N6O3S. The molecule has 0 radical (unpaired) electrons. The molecular weight excluding hydrogens is 440 g/mol. The van der Waals surface area contributed by atoms with Gasteiger partial charge in [0, 0.05) is 45.0 Å². The summed E-state index contributed by atoms with van der Waals surface area (Å²) in [5.41, 5.74) is 1.24. The maximum atomic E-state index is 12.6. The number of nitrogens with one attached hydrogen (secondary N) is 1. The standard InChI is InChI=1S/C23H32N6O3S/c1-27(2)21(31)17-8-10-18(11-9-17)24-20(30)16-33-23-26-25-22(28-12-4-3-5-13-28)29(23)15-19-7-6-14-32-19/h8-11,19H,3-7,12-16H2,1-2H3,(H,24,30). The summed E-state index contributed by atoms with van der Waals surface area (Å²) in [6.07, 6.45) is 5.86. The molecule has 2 fully saturated rings. The summed E-state index contributed by atoms with van der Waals surface area (Å²) in [4.78, 5) is 28.4. The number of rotatable bonds is 8. The molecule has 4 rings (SSSR count). The third kappa shape index (κ3) is 6.05.